The minimum Gasteiger partial charge on any atom is -0.288 e. The lowest BCUT2D eigenvalue weighted by molar-refractivity contribution is -0.109. The molecule has 0 saturated heterocycles. The topological polar surface area (TPSA) is 47.8 Å². The molecule has 0 atom stereocenters. The third-order valence-electron chi connectivity index (χ3n) is 2.28. The Hall–Kier alpha value is -1.62. The summed E-state index contributed by atoms with van der Waals surface area (Å²) in [6, 6.07) is 9.73. The Morgan fingerprint density at radius 2 is 2.00 bits per heavy atom. The lowest BCUT2D eigenvalue weighted by atomic mass is 10.3. The van der Waals surface area contributed by atoms with Gasteiger partial charge < -0.3 is 0 Å². The maximum atomic E-state index is 10.9. The highest BCUT2D eigenvalue weighted by Gasteiger charge is 2.09. The van der Waals surface area contributed by atoms with Gasteiger partial charge in [0.25, 0.3) is 0 Å². The summed E-state index contributed by atoms with van der Waals surface area (Å²) in [4.78, 5) is 12.5. The summed E-state index contributed by atoms with van der Waals surface area (Å²) >= 11 is 1.25. The van der Waals surface area contributed by atoms with Gasteiger partial charge in [-0.15, -0.1) is 0 Å². The quantitative estimate of drug-likeness (QED) is 0.835. The van der Waals surface area contributed by atoms with Crippen molar-refractivity contribution in [2.45, 2.75) is 19.6 Å². The molecule has 1 aromatic heterocycles. The van der Waals surface area contributed by atoms with Crippen LogP contribution in [0.3, 0.4) is 0 Å². The molecule has 0 saturated carbocycles. The molecule has 0 amide bonds. The molecule has 0 aliphatic rings. The van der Waals surface area contributed by atoms with Crippen LogP contribution in [0.1, 0.15) is 18.3 Å². The number of thioether (sulfide) groups is 1. The molecule has 2 aromatic rings. The SMILES string of the molecule is CC(=O)SCc1nn(-c2ccccc2)nc1C. The molecular formula is C12H13N3OS. The van der Waals surface area contributed by atoms with Gasteiger partial charge in [-0.3, -0.25) is 4.79 Å². The Morgan fingerprint density at radius 1 is 1.29 bits per heavy atom. The van der Waals surface area contributed by atoms with Gasteiger partial charge in [0.1, 0.15) is 0 Å². The molecule has 0 aliphatic carbocycles. The van der Waals surface area contributed by atoms with Crippen LogP contribution in [0.15, 0.2) is 30.3 Å². The van der Waals surface area contributed by atoms with Gasteiger partial charge in [0.05, 0.1) is 17.1 Å². The van der Waals surface area contributed by atoms with E-state index in [1.165, 1.54) is 11.8 Å². The predicted octanol–water partition coefficient (Wildman–Crippen LogP) is 2.36. The summed E-state index contributed by atoms with van der Waals surface area (Å²) in [6.07, 6.45) is 0. The number of hydrogen-bond donors (Lipinski definition) is 0. The van der Waals surface area contributed by atoms with Gasteiger partial charge >= 0.3 is 0 Å². The summed E-state index contributed by atoms with van der Waals surface area (Å²) in [5.74, 6) is 0.577. The number of hydrogen-bond acceptors (Lipinski definition) is 4. The fourth-order valence-corrected chi connectivity index (χ4v) is 2.00. The van der Waals surface area contributed by atoms with Crippen molar-refractivity contribution in [1.29, 1.82) is 0 Å². The molecule has 5 heteroatoms. The maximum Gasteiger partial charge on any atom is 0.186 e. The largest absolute Gasteiger partial charge is 0.288 e. The minimum atomic E-state index is 0.0960. The van der Waals surface area contributed by atoms with Crippen molar-refractivity contribution < 1.29 is 4.79 Å². The van der Waals surface area contributed by atoms with Gasteiger partial charge in [-0.2, -0.15) is 15.0 Å². The molecule has 4 nitrogen and oxygen atoms in total. The number of rotatable bonds is 3. The van der Waals surface area contributed by atoms with E-state index in [0.717, 1.165) is 17.1 Å². The average molecular weight is 247 g/mol. The highest BCUT2D eigenvalue weighted by atomic mass is 32.2. The summed E-state index contributed by atoms with van der Waals surface area (Å²) in [7, 11) is 0. The van der Waals surface area contributed by atoms with Gasteiger partial charge in [0.15, 0.2) is 5.12 Å². The molecule has 0 radical (unpaired) electrons. The second kappa shape index (κ2) is 5.14. The summed E-state index contributed by atoms with van der Waals surface area (Å²) in [5, 5.41) is 8.82. The number of para-hydroxylation sites is 1. The van der Waals surface area contributed by atoms with Crippen LogP contribution in [0.4, 0.5) is 0 Å². The van der Waals surface area contributed by atoms with Crippen LogP contribution in [-0.2, 0) is 10.5 Å². The molecule has 2 rings (SSSR count). The third kappa shape index (κ3) is 2.94. The molecule has 0 unspecified atom stereocenters. The predicted molar refractivity (Wildman–Crippen MR) is 68.1 cm³/mol. The third-order valence-corrected chi connectivity index (χ3v) is 3.10. The molecule has 0 N–H and O–H groups in total. The van der Waals surface area contributed by atoms with E-state index in [-0.39, 0.29) is 5.12 Å². The Bertz CT molecular complexity index is 522. The van der Waals surface area contributed by atoms with E-state index in [9.17, 15) is 4.79 Å². The van der Waals surface area contributed by atoms with Crippen LogP contribution in [0.5, 0.6) is 0 Å². The molecule has 88 valence electrons. The zero-order valence-corrected chi connectivity index (χ0v) is 10.6. The molecule has 1 aromatic carbocycles. The van der Waals surface area contributed by atoms with Gasteiger partial charge in [-0.25, -0.2) is 0 Å². The second-order valence-corrected chi connectivity index (χ2v) is 4.79. The summed E-state index contributed by atoms with van der Waals surface area (Å²) in [6.45, 7) is 3.46. The highest BCUT2D eigenvalue weighted by molar-refractivity contribution is 8.12. The standard InChI is InChI=1S/C12H13N3OS/c1-9-12(8-17-10(2)16)14-15(13-9)11-6-4-3-5-7-11/h3-7H,8H2,1-2H3. The Labute approximate surface area is 104 Å². The number of aryl methyl sites for hydroxylation is 1. The van der Waals surface area contributed by atoms with Gasteiger partial charge in [-0.1, -0.05) is 30.0 Å². The van der Waals surface area contributed by atoms with Crippen molar-refractivity contribution in [1.82, 2.24) is 15.0 Å². The lowest BCUT2D eigenvalue weighted by Gasteiger charge is -1.97. The van der Waals surface area contributed by atoms with Crippen molar-refractivity contribution in [3.8, 4) is 5.69 Å². The molecular weight excluding hydrogens is 234 g/mol. The molecule has 1 heterocycles. The van der Waals surface area contributed by atoms with Crippen molar-refractivity contribution in [2.75, 3.05) is 0 Å². The number of nitrogens with zero attached hydrogens (tertiary/aromatic N) is 3. The molecule has 0 aliphatic heterocycles. The van der Waals surface area contributed by atoms with Crippen LogP contribution >= 0.6 is 11.8 Å². The van der Waals surface area contributed by atoms with E-state index in [4.69, 9.17) is 0 Å². The van der Waals surface area contributed by atoms with E-state index in [0.29, 0.717) is 5.75 Å². The first-order valence-corrected chi connectivity index (χ1v) is 6.27. The fraction of sp³-hybridized carbons (Fsp3) is 0.250. The lowest BCUT2D eigenvalue weighted by Crippen LogP contribution is -1.98. The first kappa shape index (κ1) is 11.9. The molecule has 0 fully saturated rings. The number of benzene rings is 1. The smallest absolute Gasteiger partial charge is 0.186 e. The van der Waals surface area contributed by atoms with E-state index in [1.54, 1.807) is 11.7 Å². The number of carbonyl (C=O) groups excluding carboxylic acids is 1. The van der Waals surface area contributed by atoms with Crippen LogP contribution < -0.4 is 0 Å². The van der Waals surface area contributed by atoms with E-state index < -0.39 is 0 Å². The Kier molecular flexibility index (Phi) is 3.58. The number of aromatic nitrogens is 3. The first-order chi connectivity index (χ1) is 8.16. The van der Waals surface area contributed by atoms with Crippen molar-refractivity contribution >= 4 is 16.9 Å². The second-order valence-electron chi connectivity index (χ2n) is 3.64. The van der Waals surface area contributed by atoms with Crippen LogP contribution in [0.25, 0.3) is 5.69 Å². The average Bonchev–Trinajstić information content (AvgIpc) is 2.69. The van der Waals surface area contributed by atoms with Crippen molar-refractivity contribution in [3.63, 3.8) is 0 Å². The summed E-state index contributed by atoms with van der Waals surface area (Å²) < 4.78 is 0. The van der Waals surface area contributed by atoms with Crippen LogP contribution in [0, 0.1) is 6.92 Å². The van der Waals surface area contributed by atoms with Crippen LogP contribution in [0.2, 0.25) is 0 Å². The molecule has 0 spiro atoms. The number of carbonyl (C=O) groups is 1. The van der Waals surface area contributed by atoms with E-state index in [2.05, 4.69) is 10.2 Å². The monoisotopic (exact) mass is 247 g/mol. The molecule has 0 bridgehead atoms. The minimum absolute atomic E-state index is 0.0960. The highest BCUT2D eigenvalue weighted by Crippen LogP contribution is 2.14. The Balaban J connectivity index is 2.22. The van der Waals surface area contributed by atoms with Crippen LogP contribution in [-0.4, -0.2) is 20.1 Å². The van der Waals surface area contributed by atoms with Gasteiger partial charge in [0.2, 0.25) is 0 Å². The zero-order chi connectivity index (χ0) is 12.3. The van der Waals surface area contributed by atoms with Gasteiger partial charge in [0, 0.05) is 12.7 Å². The van der Waals surface area contributed by atoms with E-state index >= 15 is 0 Å². The Morgan fingerprint density at radius 3 is 2.65 bits per heavy atom. The van der Waals surface area contributed by atoms with Crippen molar-refractivity contribution in [3.05, 3.63) is 41.7 Å². The maximum absolute atomic E-state index is 10.9. The molecule has 17 heavy (non-hydrogen) atoms. The van der Waals surface area contributed by atoms with Crippen molar-refractivity contribution in [2.24, 2.45) is 0 Å². The first-order valence-electron chi connectivity index (χ1n) is 5.28. The van der Waals surface area contributed by atoms with E-state index in [1.807, 2.05) is 37.3 Å². The van der Waals surface area contributed by atoms with Gasteiger partial charge in [-0.05, 0) is 19.1 Å². The zero-order valence-electron chi connectivity index (χ0n) is 9.75. The fourth-order valence-electron chi connectivity index (χ4n) is 1.39. The normalized spacial score (nSPS) is 10.5. The summed E-state index contributed by atoms with van der Waals surface area (Å²) in [5.41, 5.74) is 2.64.